The van der Waals surface area contributed by atoms with Crippen LogP contribution >= 0.6 is 0 Å². The van der Waals surface area contributed by atoms with Gasteiger partial charge in [0.25, 0.3) is 26.0 Å². The summed E-state index contributed by atoms with van der Waals surface area (Å²) in [5, 5.41) is 0. The Morgan fingerprint density at radius 3 is 2.57 bits per heavy atom. The van der Waals surface area contributed by atoms with E-state index in [2.05, 4.69) is 0 Å². The van der Waals surface area contributed by atoms with Gasteiger partial charge in [-0.3, -0.25) is 9.35 Å². The zero-order valence-electron chi connectivity index (χ0n) is 11.0. The lowest BCUT2D eigenvalue weighted by atomic mass is 10.2. The van der Waals surface area contributed by atoms with Gasteiger partial charge in [-0.15, -0.1) is 0 Å². The fourth-order valence-corrected chi connectivity index (χ4v) is 4.11. The van der Waals surface area contributed by atoms with E-state index in [-0.39, 0.29) is 23.4 Å². The lowest BCUT2D eigenvalue weighted by Gasteiger charge is -2.14. The van der Waals surface area contributed by atoms with Crippen molar-refractivity contribution < 1.29 is 30.9 Å². The summed E-state index contributed by atoms with van der Waals surface area (Å²) >= 11 is 0. The van der Waals surface area contributed by atoms with E-state index in [1.807, 2.05) is 0 Å². The number of rotatable bonds is 5. The third-order valence-corrected chi connectivity index (χ3v) is 5.60. The summed E-state index contributed by atoms with van der Waals surface area (Å²) in [4.78, 5) is 11.9. The molecule has 0 radical (unpaired) electrons. The van der Waals surface area contributed by atoms with Crippen molar-refractivity contribution >= 4 is 26.0 Å². The Balaban J connectivity index is 2.29. The van der Waals surface area contributed by atoms with Crippen molar-refractivity contribution in [2.75, 3.05) is 19.4 Å². The summed E-state index contributed by atoms with van der Waals surface area (Å²) < 4.78 is 59.9. The van der Waals surface area contributed by atoms with E-state index in [4.69, 9.17) is 9.29 Å². The van der Waals surface area contributed by atoms with Crippen LogP contribution in [0.2, 0.25) is 0 Å². The molecule has 0 atom stereocenters. The lowest BCUT2D eigenvalue weighted by Crippen LogP contribution is -2.31. The number of carbonyl (C=O) groups is 1. The molecule has 0 aromatic heterocycles. The third kappa shape index (κ3) is 3.01. The van der Waals surface area contributed by atoms with Gasteiger partial charge in [-0.2, -0.15) is 8.42 Å². The maximum Gasteiger partial charge on any atom is 0.269 e. The Hall–Kier alpha value is -1.65. The predicted molar refractivity (Wildman–Crippen MR) is 72.2 cm³/mol. The van der Waals surface area contributed by atoms with Gasteiger partial charge in [0.1, 0.15) is 10.6 Å². The number of benzene rings is 1. The largest absolute Gasteiger partial charge is 0.497 e. The average molecular weight is 335 g/mol. The average Bonchev–Trinajstić information content (AvgIpc) is 2.58. The first-order chi connectivity index (χ1) is 9.66. The first-order valence-corrected chi connectivity index (χ1v) is 8.92. The summed E-state index contributed by atoms with van der Waals surface area (Å²) in [6.45, 7) is -0.321. The highest BCUT2D eigenvalue weighted by Crippen LogP contribution is 2.33. The zero-order valence-corrected chi connectivity index (χ0v) is 12.6. The topological polar surface area (TPSA) is 118 Å². The Morgan fingerprint density at radius 2 is 2.00 bits per heavy atom. The van der Waals surface area contributed by atoms with E-state index >= 15 is 0 Å². The van der Waals surface area contributed by atoms with Gasteiger partial charge >= 0.3 is 0 Å². The summed E-state index contributed by atoms with van der Waals surface area (Å²) in [5.41, 5.74) is 0.0163. The fraction of sp³-hybridized carbons (Fsp3) is 0.364. The van der Waals surface area contributed by atoms with E-state index in [0.717, 1.165) is 0 Å². The van der Waals surface area contributed by atoms with E-state index in [9.17, 15) is 21.6 Å². The predicted octanol–water partition coefficient (Wildman–Crippen LogP) is 0.118. The number of methoxy groups -OCH3 is 1. The van der Waals surface area contributed by atoms with Crippen molar-refractivity contribution in [3.63, 3.8) is 0 Å². The number of amides is 1. The van der Waals surface area contributed by atoms with Crippen LogP contribution < -0.4 is 4.74 Å². The normalized spacial score (nSPS) is 16.9. The van der Waals surface area contributed by atoms with Crippen LogP contribution in [0.4, 0.5) is 0 Å². The van der Waals surface area contributed by atoms with Crippen LogP contribution in [-0.2, 0) is 20.1 Å². The minimum Gasteiger partial charge on any atom is -0.497 e. The molecule has 0 bridgehead atoms. The minimum absolute atomic E-state index is 0.0163. The lowest BCUT2D eigenvalue weighted by molar-refractivity contribution is 0.0871. The molecule has 0 saturated carbocycles. The minimum atomic E-state index is -4.20. The van der Waals surface area contributed by atoms with Crippen LogP contribution in [0.5, 0.6) is 5.75 Å². The Labute approximate surface area is 122 Å². The highest BCUT2D eigenvalue weighted by molar-refractivity contribution is 7.90. The van der Waals surface area contributed by atoms with Gasteiger partial charge in [-0.05, 0) is 18.6 Å². The number of fused-ring (bicyclic) bond motifs is 1. The second-order valence-corrected chi connectivity index (χ2v) is 7.79. The summed E-state index contributed by atoms with van der Waals surface area (Å²) in [6.07, 6.45) is -0.186. The van der Waals surface area contributed by atoms with Gasteiger partial charge in [-0.1, -0.05) is 0 Å². The Kier molecular flexibility index (Phi) is 3.95. The highest BCUT2D eigenvalue weighted by Gasteiger charge is 2.41. The maximum atomic E-state index is 12.3. The fourth-order valence-electron chi connectivity index (χ4n) is 1.99. The van der Waals surface area contributed by atoms with Gasteiger partial charge in [0, 0.05) is 12.6 Å². The number of ether oxygens (including phenoxy) is 1. The first kappa shape index (κ1) is 15.7. The molecule has 1 aliphatic rings. The van der Waals surface area contributed by atoms with Crippen molar-refractivity contribution in [3.05, 3.63) is 23.8 Å². The van der Waals surface area contributed by atoms with Crippen LogP contribution in [0.1, 0.15) is 16.8 Å². The smallest absolute Gasteiger partial charge is 0.269 e. The van der Waals surface area contributed by atoms with Crippen LogP contribution in [0.15, 0.2) is 23.1 Å². The Morgan fingerprint density at radius 1 is 1.33 bits per heavy atom. The number of hydrogen-bond donors (Lipinski definition) is 1. The van der Waals surface area contributed by atoms with E-state index in [1.54, 1.807) is 0 Å². The molecule has 116 valence electrons. The van der Waals surface area contributed by atoms with E-state index < -0.39 is 31.8 Å². The van der Waals surface area contributed by atoms with Gasteiger partial charge in [0.2, 0.25) is 0 Å². The van der Waals surface area contributed by atoms with Crippen molar-refractivity contribution in [1.82, 2.24) is 4.31 Å². The molecule has 21 heavy (non-hydrogen) atoms. The van der Waals surface area contributed by atoms with E-state index in [1.165, 1.54) is 25.3 Å². The van der Waals surface area contributed by atoms with Crippen molar-refractivity contribution in [2.24, 2.45) is 0 Å². The van der Waals surface area contributed by atoms with Crippen LogP contribution in [-0.4, -0.2) is 51.0 Å². The quantitative estimate of drug-likeness (QED) is 0.759. The monoisotopic (exact) mass is 335 g/mol. The first-order valence-electron chi connectivity index (χ1n) is 5.87. The molecule has 0 unspecified atom stereocenters. The molecular formula is C11H13NO7S2. The summed E-state index contributed by atoms with van der Waals surface area (Å²) in [5.74, 6) is -1.04. The molecule has 0 spiro atoms. The van der Waals surface area contributed by atoms with Gasteiger partial charge in [0.05, 0.1) is 18.4 Å². The molecule has 1 N–H and O–H groups in total. The molecule has 8 nitrogen and oxygen atoms in total. The number of hydrogen-bond acceptors (Lipinski definition) is 6. The molecule has 0 aliphatic carbocycles. The molecule has 0 saturated heterocycles. The summed E-state index contributed by atoms with van der Waals surface area (Å²) in [6, 6.07) is 4.05. The molecule has 1 aromatic rings. The maximum absolute atomic E-state index is 12.3. The number of sulfonamides is 1. The van der Waals surface area contributed by atoms with Crippen LogP contribution in [0, 0.1) is 0 Å². The van der Waals surface area contributed by atoms with Gasteiger partial charge in [0.15, 0.2) is 0 Å². The molecule has 1 heterocycles. The molecule has 0 fully saturated rings. The van der Waals surface area contributed by atoms with Gasteiger partial charge in [-0.25, -0.2) is 12.7 Å². The standard InChI is InChI=1S/C11H13NO7S2/c1-19-8-3-4-9-10(7-8)21(17,18)12(11(9)13)5-2-6-20(14,15)16/h3-4,7H,2,5-6H2,1H3,(H,14,15,16). The number of carbonyl (C=O) groups excluding carboxylic acids is 1. The van der Waals surface area contributed by atoms with Crippen LogP contribution in [0.3, 0.4) is 0 Å². The molecule has 2 rings (SSSR count). The highest BCUT2D eigenvalue weighted by atomic mass is 32.2. The zero-order chi connectivity index (χ0) is 15.8. The van der Waals surface area contributed by atoms with Crippen molar-refractivity contribution in [3.8, 4) is 5.75 Å². The molecule has 10 heteroatoms. The van der Waals surface area contributed by atoms with Crippen molar-refractivity contribution in [1.29, 1.82) is 0 Å². The second-order valence-electron chi connectivity index (χ2n) is 4.38. The third-order valence-electron chi connectivity index (χ3n) is 2.98. The van der Waals surface area contributed by atoms with Gasteiger partial charge < -0.3 is 4.74 Å². The second kappa shape index (κ2) is 5.28. The molecule has 1 aliphatic heterocycles. The SMILES string of the molecule is COc1ccc2c(c1)S(=O)(=O)N(CCCS(=O)(=O)O)C2=O. The molecular weight excluding hydrogens is 322 g/mol. The van der Waals surface area contributed by atoms with E-state index in [0.29, 0.717) is 10.1 Å². The molecule has 1 aromatic carbocycles. The summed E-state index contributed by atoms with van der Waals surface area (Å²) in [7, 11) is -6.85. The molecule has 1 amide bonds. The van der Waals surface area contributed by atoms with Crippen molar-refractivity contribution in [2.45, 2.75) is 11.3 Å². The Bertz CT molecular complexity index is 783. The number of nitrogens with zero attached hydrogens (tertiary/aromatic N) is 1. The van der Waals surface area contributed by atoms with Crippen LogP contribution in [0.25, 0.3) is 0 Å².